The smallest absolute Gasteiger partial charge is 0.244 e. The molecule has 0 aliphatic carbocycles. The third-order valence-electron chi connectivity index (χ3n) is 6.04. The second-order valence-electron chi connectivity index (χ2n) is 9.78. The fourth-order valence-electron chi connectivity index (χ4n) is 4.23. The summed E-state index contributed by atoms with van der Waals surface area (Å²) in [6, 6.07) is 22.6. The van der Waals surface area contributed by atoms with E-state index in [1.165, 1.54) is 4.90 Å². The average molecular weight is 552 g/mol. The minimum atomic E-state index is -3.83. The Labute approximate surface area is 231 Å². The van der Waals surface area contributed by atoms with E-state index < -0.39 is 28.5 Å². The first-order chi connectivity index (χ1) is 18.5. The Hall–Kier alpha value is -3.85. The van der Waals surface area contributed by atoms with Crippen molar-refractivity contribution in [3.63, 3.8) is 0 Å². The normalized spacial score (nSPS) is 12.1. The van der Waals surface area contributed by atoms with Crippen LogP contribution in [0.5, 0.6) is 11.5 Å². The Kier molecular flexibility index (Phi) is 10.1. The molecule has 0 fully saturated rings. The van der Waals surface area contributed by atoms with E-state index in [4.69, 9.17) is 4.74 Å². The molecule has 39 heavy (non-hydrogen) atoms. The lowest BCUT2D eigenvalue weighted by Gasteiger charge is -2.33. The number of ether oxygens (including phenoxy) is 1. The maximum Gasteiger partial charge on any atom is 0.244 e. The molecule has 0 aliphatic rings. The van der Waals surface area contributed by atoms with Crippen LogP contribution in [0.3, 0.4) is 0 Å². The van der Waals surface area contributed by atoms with Gasteiger partial charge in [0.1, 0.15) is 24.1 Å². The van der Waals surface area contributed by atoms with E-state index in [0.717, 1.165) is 21.7 Å². The second-order valence-corrected chi connectivity index (χ2v) is 11.7. The Morgan fingerprint density at radius 2 is 1.56 bits per heavy atom. The van der Waals surface area contributed by atoms with Crippen LogP contribution in [0.2, 0.25) is 0 Å². The number of nitrogens with zero attached hydrogens (tertiary/aromatic N) is 2. The van der Waals surface area contributed by atoms with Crippen LogP contribution < -0.4 is 14.4 Å². The number of amides is 2. The average Bonchev–Trinajstić information content (AvgIpc) is 2.87. The van der Waals surface area contributed by atoms with Gasteiger partial charge in [-0.2, -0.15) is 0 Å². The van der Waals surface area contributed by atoms with E-state index >= 15 is 0 Å². The van der Waals surface area contributed by atoms with Gasteiger partial charge in [-0.05, 0) is 69.2 Å². The third kappa shape index (κ3) is 8.58. The largest absolute Gasteiger partial charge is 0.457 e. The zero-order chi connectivity index (χ0) is 28.6. The fraction of sp³-hybridized carbons (Fsp3) is 0.333. The van der Waals surface area contributed by atoms with E-state index in [0.29, 0.717) is 23.6 Å². The van der Waals surface area contributed by atoms with Crippen LogP contribution in [-0.2, 0) is 26.2 Å². The SMILES string of the molecule is CCC(C(=O)NC(C)C)N(Cc1cccc(C)c1)C(=O)CN(c1ccc(Oc2ccccc2)cc1)S(C)(=O)=O. The molecule has 9 heteroatoms. The summed E-state index contributed by atoms with van der Waals surface area (Å²) in [5.41, 5.74) is 2.20. The number of nitrogens with one attached hydrogen (secondary N) is 1. The van der Waals surface area contributed by atoms with Gasteiger partial charge < -0.3 is 15.0 Å². The van der Waals surface area contributed by atoms with Gasteiger partial charge in [-0.1, -0.05) is 55.0 Å². The second kappa shape index (κ2) is 13.3. The molecule has 1 unspecified atom stereocenters. The minimum Gasteiger partial charge on any atom is -0.457 e. The van der Waals surface area contributed by atoms with Gasteiger partial charge in [0.25, 0.3) is 0 Å². The molecule has 1 N–H and O–H groups in total. The van der Waals surface area contributed by atoms with E-state index in [2.05, 4.69) is 5.32 Å². The van der Waals surface area contributed by atoms with Gasteiger partial charge in [-0.25, -0.2) is 8.42 Å². The zero-order valence-corrected chi connectivity index (χ0v) is 23.9. The number of carbonyl (C=O) groups is 2. The van der Waals surface area contributed by atoms with E-state index in [-0.39, 0.29) is 18.5 Å². The highest BCUT2D eigenvalue weighted by atomic mass is 32.2. The van der Waals surface area contributed by atoms with E-state index in [1.54, 1.807) is 24.3 Å². The van der Waals surface area contributed by atoms with E-state index in [1.807, 2.05) is 82.3 Å². The zero-order valence-electron chi connectivity index (χ0n) is 23.1. The van der Waals surface area contributed by atoms with Gasteiger partial charge in [0.2, 0.25) is 21.8 Å². The predicted octanol–water partition coefficient (Wildman–Crippen LogP) is 4.89. The summed E-state index contributed by atoms with van der Waals surface area (Å²) in [5, 5.41) is 2.89. The summed E-state index contributed by atoms with van der Waals surface area (Å²) in [4.78, 5) is 28.3. The van der Waals surface area contributed by atoms with Crippen LogP contribution in [-0.4, -0.2) is 50.0 Å². The van der Waals surface area contributed by atoms with Gasteiger partial charge in [0.15, 0.2) is 0 Å². The van der Waals surface area contributed by atoms with Crippen molar-refractivity contribution < 1.29 is 22.7 Å². The quantitative estimate of drug-likeness (QED) is 0.346. The molecule has 0 aromatic heterocycles. The van der Waals surface area contributed by atoms with Crippen molar-refractivity contribution in [3.05, 3.63) is 90.0 Å². The Morgan fingerprint density at radius 1 is 0.923 bits per heavy atom. The summed E-state index contributed by atoms with van der Waals surface area (Å²) in [7, 11) is -3.83. The molecule has 0 spiro atoms. The number of hydrogen-bond donors (Lipinski definition) is 1. The highest BCUT2D eigenvalue weighted by Crippen LogP contribution is 2.26. The van der Waals surface area contributed by atoms with Gasteiger partial charge in [0.05, 0.1) is 11.9 Å². The number of aryl methyl sites for hydroxylation is 1. The van der Waals surface area contributed by atoms with Gasteiger partial charge >= 0.3 is 0 Å². The Bertz CT molecular complexity index is 1360. The standard InChI is InChI=1S/C30H37N3O5S/c1-6-28(30(35)31-22(2)3)32(20-24-12-10-11-23(4)19-24)29(34)21-33(39(5,36)37)25-15-17-27(18-16-25)38-26-13-8-7-9-14-26/h7-19,22,28H,6,20-21H2,1-5H3,(H,31,35). The number of hydrogen-bond acceptors (Lipinski definition) is 5. The maximum absolute atomic E-state index is 13.8. The van der Waals surface area contributed by atoms with Crippen molar-refractivity contribution in [1.82, 2.24) is 10.2 Å². The molecule has 1 atom stereocenters. The molecule has 208 valence electrons. The summed E-state index contributed by atoms with van der Waals surface area (Å²) < 4.78 is 32.5. The van der Waals surface area contributed by atoms with Crippen molar-refractivity contribution in [2.45, 2.75) is 52.7 Å². The molecule has 0 aliphatic heterocycles. The molecule has 3 rings (SSSR count). The number of benzene rings is 3. The van der Waals surface area contributed by atoms with Crippen LogP contribution in [0.15, 0.2) is 78.9 Å². The molecule has 0 radical (unpaired) electrons. The lowest BCUT2D eigenvalue weighted by Crippen LogP contribution is -2.53. The summed E-state index contributed by atoms with van der Waals surface area (Å²) in [5.74, 6) is 0.429. The summed E-state index contributed by atoms with van der Waals surface area (Å²) >= 11 is 0. The molecule has 0 saturated heterocycles. The summed E-state index contributed by atoms with van der Waals surface area (Å²) in [6.45, 7) is 7.22. The first-order valence-electron chi connectivity index (χ1n) is 12.9. The van der Waals surface area contributed by atoms with Crippen molar-refractivity contribution in [3.8, 4) is 11.5 Å². The van der Waals surface area contributed by atoms with Gasteiger partial charge in [-0.3, -0.25) is 13.9 Å². The molecular weight excluding hydrogens is 514 g/mol. The van der Waals surface area contributed by atoms with Gasteiger partial charge in [0, 0.05) is 12.6 Å². The first-order valence-corrected chi connectivity index (χ1v) is 14.8. The molecule has 8 nitrogen and oxygen atoms in total. The fourth-order valence-corrected chi connectivity index (χ4v) is 5.08. The maximum atomic E-state index is 13.8. The summed E-state index contributed by atoms with van der Waals surface area (Å²) in [6.07, 6.45) is 1.43. The molecule has 0 heterocycles. The topological polar surface area (TPSA) is 96.0 Å². The van der Waals surface area contributed by atoms with Crippen LogP contribution in [0.4, 0.5) is 5.69 Å². The van der Waals surface area contributed by atoms with Crippen molar-refractivity contribution in [2.75, 3.05) is 17.1 Å². The highest BCUT2D eigenvalue weighted by molar-refractivity contribution is 7.92. The lowest BCUT2D eigenvalue weighted by molar-refractivity contribution is -0.140. The predicted molar refractivity (Wildman–Crippen MR) is 154 cm³/mol. The van der Waals surface area contributed by atoms with Crippen LogP contribution in [0, 0.1) is 6.92 Å². The molecule has 0 saturated carbocycles. The highest BCUT2D eigenvalue weighted by Gasteiger charge is 2.32. The van der Waals surface area contributed by atoms with Crippen molar-refractivity contribution in [1.29, 1.82) is 0 Å². The number of sulfonamides is 1. The lowest BCUT2D eigenvalue weighted by atomic mass is 10.1. The molecule has 3 aromatic carbocycles. The first kappa shape index (κ1) is 29.7. The minimum absolute atomic E-state index is 0.105. The van der Waals surface area contributed by atoms with Crippen LogP contribution in [0.25, 0.3) is 0 Å². The van der Waals surface area contributed by atoms with Crippen LogP contribution >= 0.6 is 0 Å². The molecule has 3 aromatic rings. The Morgan fingerprint density at radius 3 is 2.13 bits per heavy atom. The molecule has 0 bridgehead atoms. The van der Waals surface area contributed by atoms with E-state index in [9.17, 15) is 18.0 Å². The Balaban J connectivity index is 1.89. The number of carbonyl (C=O) groups excluding carboxylic acids is 2. The van der Waals surface area contributed by atoms with Crippen molar-refractivity contribution in [2.24, 2.45) is 0 Å². The number of rotatable bonds is 12. The number of para-hydroxylation sites is 1. The van der Waals surface area contributed by atoms with Crippen molar-refractivity contribution >= 4 is 27.5 Å². The molecule has 2 amide bonds. The monoisotopic (exact) mass is 551 g/mol. The third-order valence-corrected chi connectivity index (χ3v) is 7.18. The number of anilines is 1. The van der Waals surface area contributed by atoms with Crippen LogP contribution in [0.1, 0.15) is 38.3 Å². The molecular formula is C30H37N3O5S. The van der Waals surface area contributed by atoms with Gasteiger partial charge in [-0.15, -0.1) is 0 Å².